The van der Waals surface area contributed by atoms with Crippen LogP contribution < -0.4 is 0 Å². The second kappa shape index (κ2) is 6.45. The molecule has 0 aliphatic heterocycles. The highest BCUT2D eigenvalue weighted by Gasteiger charge is 2.24. The number of benzene rings is 2. The van der Waals surface area contributed by atoms with Gasteiger partial charge >= 0.3 is 5.97 Å². The number of nitrogens with one attached hydrogen (secondary N) is 1. The first-order valence-corrected chi connectivity index (χ1v) is 8.98. The largest absolute Gasteiger partial charge is 0.465 e. The van der Waals surface area contributed by atoms with Gasteiger partial charge < -0.3 is 4.74 Å². The van der Waals surface area contributed by atoms with Gasteiger partial charge in [0.05, 0.1) is 29.5 Å². The van der Waals surface area contributed by atoms with E-state index < -0.39 is 15.8 Å². The second-order valence-corrected chi connectivity index (χ2v) is 7.44. The number of ether oxygens (including phenoxy) is 1. The third-order valence-electron chi connectivity index (χ3n) is 3.80. The van der Waals surface area contributed by atoms with Gasteiger partial charge in [0.2, 0.25) is 0 Å². The molecule has 0 saturated carbocycles. The minimum absolute atomic E-state index is 0.00320. The van der Waals surface area contributed by atoms with Gasteiger partial charge in [0.1, 0.15) is 0 Å². The molecule has 0 aliphatic rings. The highest BCUT2D eigenvalue weighted by molar-refractivity contribution is 7.91. The zero-order valence-corrected chi connectivity index (χ0v) is 13.8. The Morgan fingerprint density at radius 3 is 2.54 bits per heavy atom. The summed E-state index contributed by atoms with van der Waals surface area (Å²) in [5.74, 6) is -0.780. The first-order valence-electron chi connectivity index (χ1n) is 7.33. The summed E-state index contributed by atoms with van der Waals surface area (Å²) in [6, 6.07) is 10.4. The third kappa shape index (κ3) is 3.16. The molecule has 3 rings (SSSR count). The molecule has 0 saturated heterocycles. The molecular formula is C17H16N2O4S. The molecule has 1 heterocycles. The molecule has 0 amide bonds. The molecule has 0 atom stereocenters. The molecule has 1 N–H and O–H groups in total. The van der Waals surface area contributed by atoms with E-state index in [9.17, 15) is 13.2 Å². The number of aromatic nitrogens is 2. The van der Waals surface area contributed by atoms with Crippen molar-refractivity contribution >= 4 is 26.6 Å². The second-order valence-electron chi connectivity index (χ2n) is 5.36. The van der Waals surface area contributed by atoms with Crippen LogP contribution in [0.2, 0.25) is 0 Å². The van der Waals surface area contributed by atoms with E-state index in [0.717, 1.165) is 16.3 Å². The topological polar surface area (TPSA) is 89.1 Å². The molecule has 0 bridgehead atoms. The maximum Gasteiger partial charge on any atom is 0.339 e. The van der Waals surface area contributed by atoms with E-state index in [1.807, 2.05) is 24.3 Å². The molecular weight excluding hydrogens is 328 g/mol. The predicted molar refractivity (Wildman–Crippen MR) is 89.6 cm³/mol. The van der Waals surface area contributed by atoms with E-state index in [1.165, 1.54) is 13.2 Å². The Bertz CT molecular complexity index is 979. The number of hydrogen-bond donors (Lipinski definition) is 1. The molecule has 6 nitrogen and oxygen atoms in total. The minimum atomic E-state index is -3.66. The van der Waals surface area contributed by atoms with Crippen molar-refractivity contribution in [2.75, 3.05) is 12.9 Å². The average molecular weight is 344 g/mol. The fraction of sp³-hybridized carbons (Fsp3) is 0.176. The van der Waals surface area contributed by atoms with E-state index in [1.54, 1.807) is 18.5 Å². The van der Waals surface area contributed by atoms with Crippen LogP contribution in [0.4, 0.5) is 0 Å². The van der Waals surface area contributed by atoms with Gasteiger partial charge in [-0.2, -0.15) is 5.10 Å². The molecule has 0 unspecified atom stereocenters. The van der Waals surface area contributed by atoms with Crippen molar-refractivity contribution in [1.29, 1.82) is 0 Å². The predicted octanol–water partition coefficient (Wildman–Crippen LogP) is 2.37. The van der Waals surface area contributed by atoms with Gasteiger partial charge in [-0.3, -0.25) is 5.10 Å². The van der Waals surface area contributed by atoms with Crippen LogP contribution in [0.25, 0.3) is 10.8 Å². The lowest BCUT2D eigenvalue weighted by Crippen LogP contribution is -2.15. The van der Waals surface area contributed by atoms with Gasteiger partial charge in [-0.15, -0.1) is 0 Å². The van der Waals surface area contributed by atoms with Crippen LogP contribution >= 0.6 is 0 Å². The van der Waals surface area contributed by atoms with Gasteiger partial charge in [0.15, 0.2) is 9.84 Å². The third-order valence-corrected chi connectivity index (χ3v) is 5.55. The number of carbonyl (C=O) groups is 1. The summed E-state index contributed by atoms with van der Waals surface area (Å²) in [7, 11) is -2.42. The average Bonchev–Trinajstić information content (AvgIpc) is 3.12. The lowest BCUT2D eigenvalue weighted by molar-refractivity contribution is 0.0596. The number of methoxy groups -OCH3 is 1. The molecule has 0 radical (unpaired) electrons. The molecule has 1 aromatic heterocycles. The lowest BCUT2D eigenvalue weighted by Gasteiger charge is -2.11. The van der Waals surface area contributed by atoms with E-state index in [-0.39, 0.29) is 16.2 Å². The van der Waals surface area contributed by atoms with Crippen LogP contribution in [0.5, 0.6) is 0 Å². The van der Waals surface area contributed by atoms with Crippen LogP contribution in [0.15, 0.2) is 53.7 Å². The smallest absolute Gasteiger partial charge is 0.339 e. The number of carbonyl (C=O) groups excluding carboxylic acids is 1. The van der Waals surface area contributed by atoms with E-state index in [4.69, 9.17) is 4.74 Å². The number of rotatable bonds is 5. The van der Waals surface area contributed by atoms with E-state index in [2.05, 4.69) is 10.2 Å². The van der Waals surface area contributed by atoms with E-state index >= 15 is 0 Å². The fourth-order valence-corrected chi connectivity index (χ4v) is 4.03. The van der Waals surface area contributed by atoms with Gasteiger partial charge in [-0.25, -0.2) is 13.2 Å². The quantitative estimate of drug-likeness (QED) is 0.718. The highest BCUT2D eigenvalue weighted by atomic mass is 32.2. The molecule has 0 fully saturated rings. The molecule has 24 heavy (non-hydrogen) atoms. The summed E-state index contributed by atoms with van der Waals surface area (Å²) in [6.07, 6.45) is 3.54. The number of aryl methyl sites for hydroxylation is 1. The Morgan fingerprint density at radius 2 is 1.92 bits per heavy atom. The number of hydrogen-bond acceptors (Lipinski definition) is 5. The highest BCUT2D eigenvalue weighted by Crippen LogP contribution is 2.26. The number of H-pyrrole nitrogens is 1. The molecule has 124 valence electrons. The van der Waals surface area contributed by atoms with Crippen molar-refractivity contribution in [3.63, 3.8) is 0 Å². The molecule has 2 aromatic carbocycles. The van der Waals surface area contributed by atoms with Crippen LogP contribution in [0, 0.1) is 0 Å². The first-order chi connectivity index (χ1) is 11.5. The summed E-state index contributed by atoms with van der Waals surface area (Å²) < 4.78 is 30.3. The number of aromatic amines is 1. The zero-order chi connectivity index (χ0) is 17.2. The van der Waals surface area contributed by atoms with Gasteiger partial charge in [-0.05, 0) is 34.9 Å². The summed E-state index contributed by atoms with van der Waals surface area (Å²) in [5.41, 5.74) is 0.849. The van der Waals surface area contributed by atoms with Crippen molar-refractivity contribution in [3.05, 3.63) is 59.9 Å². The van der Waals surface area contributed by atoms with Crippen molar-refractivity contribution < 1.29 is 17.9 Å². The summed E-state index contributed by atoms with van der Waals surface area (Å²) in [4.78, 5) is 12.1. The monoisotopic (exact) mass is 344 g/mol. The number of nitrogens with zero attached hydrogens (tertiary/aromatic N) is 1. The summed E-state index contributed by atoms with van der Waals surface area (Å²) in [6.45, 7) is 0. The van der Waals surface area contributed by atoms with Crippen molar-refractivity contribution in [3.8, 4) is 0 Å². The van der Waals surface area contributed by atoms with Gasteiger partial charge in [0, 0.05) is 6.20 Å². The van der Waals surface area contributed by atoms with Crippen LogP contribution in [-0.2, 0) is 21.0 Å². The number of fused-ring (bicyclic) bond motifs is 1. The minimum Gasteiger partial charge on any atom is -0.465 e. The molecule has 0 aliphatic carbocycles. The summed E-state index contributed by atoms with van der Waals surface area (Å²) in [5, 5.41) is 7.99. The molecule has 3 aromatic rings. The van der Waals surface area contributed by atoms with Crippen LogP contribution in [0.3, 0.4) is 0 Å². The van der Waals surface area contributed by atoms with Gasteiger partial charge in [-0.1, -0.05) is 24.3 Å². The van der Waals surface area contributed by atoms with Crippen molar-refractivity contribution in [2.45, 2.75) is 11.3 Å². The zero-order valence-electron chi connectivity index (χ0n) is 13.0. The first kappa shape index (κ1) is 16.2. The Morgan fingerprint density at radius 1 is 1.21 bits per heavy atom. The Hall–Kier alpha value is -2.67. The number of esters is 1. The Labute approximate surface area is 139 Å². The van der Waals surface area contributed by atoms with Crippen molar-refractivity contribution in [2.24, 2.45) is 0 Å². The SMILES string of the molecule is COC(=O)c1cc2ccccc2cc1S(=O)(=O)CCc1cn[nH]c1. The molecule has 7 heteroatoms. The van der Waals surface area contributed by atoms with Crippen LogP contribution in [-0.4, -0.2) is 37.4 Å². The lowest BCUT2D eigenvalue weighted by atomic mass is 10.1. The molecule has 0 spiro atoms. The maximum absolute atomic E-state index is 12.8. The summed E-state index contributed by atoms with van der Waals surface area (Å²) >= 11 is 0. The Balaban J connectivity index is 2.06. The Kier molecular flexibility index (Phi) is 4.35. The van der Waals surface area contributed by atoms with Crippen molar-refractivity contribution in [1.82, 2.24) is 10.2 Å². The maximum atomic E-state index is 12.8. The standard InChI is InChI=1S/C17H16N2O4S/c1-23-17(20)15-8-13-4-2-3-5-14(13)9-16(15)24(21,22)7-6-12-10-18-19-11-12/h2-5,8-11H,6-7H2,1H3,(H,18,19). The number of sulfone groups is 1. The fourth-order valence-electron chi connectivity index (χ4n) is 2.52. The van der Waals surface area contributed by atoms with Crippen LogP contribution in [0.1, 0.15) is 15.9 Å². The van der Waals surface area contributed by atoms with Gasteiger partial charge in [0.25, 0.3) is 0 Å². The normalized spacial score (nSPS) is 11.5. The van der Waals surface area contributed by atoms with E-state index in [0.29, 0.717) is 6.42 Å².